The molecule has 2 aliphatic carbocycles. The van der Waals surface area contributed by atoms with Crippen LogP contribution in [0.4, 0.5) is 18.0 Å². The number of carbonyl (C=O) groups excluding carboxylic acids is 2. The summed E-state index contributed by atoms with van der Waals surface area (Å²) >= 11 is 0. The lowest BCUT2D eigenvalue weighted by Gasteiger charge is -2.54. The molecule has 2 spiro atoms. The van der Waals surface area contributed by atoms with Gasteiger partial charge in [0.05, 0.1) is 16.5 Å². The third kappa shape index (κ3) is 3.10. The summed E-state index contributed by atoms with van der Waals surface area (Å²) in [6.45, 7) is 5.58. The molecule has 4 atom stereocenters. The van der Waals surface area contributed by atoms with E-state index < -0.39 is 28.8 Å². The highest BCUT2D eigenvalue weighted by Crippen LogP contribution is 2.66. The van der Waals surface area contributed by atoms with Crippen LogP contribution in [0.3, 0.4) is 0 Å². The Hall–Kier alpha value is -2.32. The minimum absolute atomic E-state index is 0.0246. The summed E-state index contributed by atoms with van der Waals surface area (Å²) in [7, 11) is 0. The first-order chi connectivity index (χ1) is 14.8. The zero-order valence-corrected chi connectivity index (χ0v) is 18.5. The molecule has 3 fully saturated rings. The van der Waals surface area contributed by atoms with Crippen molar-refractivity contribution in [1.29, 1.82) is 0 Å². The van der Waals surface area contributed by atoms with E-state index in [0.29, 0.717) is 36.9 Å². The quantitative estimate of drug-likeness (QED) is 0.694. The Morgan fingerprint density at radius 3 is 2.62 bits per heavy atom. The number of carbonyl (C=O) groups is 2. The molecule has 6 nitrogen and oxygen atoms in total. The molecule has 9 heteroatoms. The largest absolute Gasteiger partial charge is 0.444 e. The van der Waals surface area contributed by atoms with Crippen LogP contribution in [-0.2, 0) is 28.7 Å². The summed E-state index contributed by atoms with van der Waals surface area (Å²) in [6.07, 6.45) is 0.132. The Kier molecular flexibility index (Phi) is 4.44. The monoisotopic (exact) mass is 451 g/mol. The lowest BCUT2D eigenvalue weighted by Crippen LogP contribution is -2.59. The van der Waals surface area contributed by atoms with Crippen molar-refractivity contribution in [3.8, 4) is 0 Å². The van der Waals surface area contributed by atoms with Gasteiger partial charge in [-0.2, -0.15) is 13.2 Å². The number of hydrogen-bond acceptors (Lipinski definition) is 4. The number of pyridine rings is 1. The van der Waals surface area contributed by atoms with Crippen molar-refractivity contribution in [1.82, 2.24) is 15.2 Å². The number of amides is 2. The summed E-state index contributed by atoms with van der Waals surface area (Å²) in [5.74, 6) is 0.168. The van der Waals surface area contributed by atoms with E-state index in [1.165, 1.54) is 0 Å². The number of fused-ring (bicyclic) bond motifs is 2. The van der Waals surface area contributed by atoms with E-state index in [9.17, 15) is 22.8 Å². The van der Waals surface area contributed by atoms with E-state index in [4.69, 9.17) is 4.74 Å². The Labute approximate surface area is 184 Å². The molecule has 0 radical (unpaired) electrons. The Balaban J connectivity index is 1.38. The van der Waals surface area contributed by atoms with Crippen molar-refractivity contribution in [3.05, 3.63) is 29.1 Å². The fraction of sp³-hybridized carbons (Fsp3) is 0.696. The van der Waals surface area contributed by atoms with Crippen LogP contribution in [0.2, 0.25) is 0 Å². The standard InChI is InChI=1S/C23H28F3N3O3/c1-20(2,3)32-19(31)28-15-4-6-21(9-15)17-5-7-22(17)10-16-13(12-29(22)18(21)30)8-14(11-27-16)23(24,25)26/h8,11,15,17H,4-7,9-10,12H2,1-3H3,(H,28,31)/t15-,17?,21+,22?/m1/s1. The number of nitrogens with zero attached hydrogens (tertiary/aromatic N) is 2. The molecule has 5 rings (SSSR count). The third-order valence-corrected chi connectivity index (χ3v) is 7.85. The summed E-state index contributed by atoms with van der Waals surface area (Å²) < 4.78 is 44.9. The molecule has 4 aliphatic rings. The predicted molar refractivity (Wildman–Crippen MR) is 108 cm³/mol. The number of alkyl carbamates (subject to hydrolysis) is 1. The minimum atomic E-state index is -4.46. The number of rotatable bonds is 1. The second-order valence-electron chi connectivity index (χ2n) is 10.8. The number of nitrogens with one attached hydrogen (secondary N) is 1. The smallest absolute Gasteiger partial charge is 0.417 e. The van der Waals surface area contributed by atoms with Crippen LogP contribution in [0.15, 0.2) is 12.3 Å². The first-order valence-electron chi connectivity index (χ1n) is 11.2. The molecule has 3 heterocycles. The molecule has 174 valence electrons. The number of halogens is 3. The van der Waals surface area contributed by atoms with Gasteiger partial charge in [0, 0.05) is 30.9 Å². The Morgan fingerprint density at radius 1 is 1.25 bits per heavy atom. The van der Waals surface area contributed by atoms with E-state index in [2.05, 4.69) is 10.3 Å². The van der Waals surface area contributed by atoms with E-state index in [0.717, 1.165) is 25.1 Å². The molecular formula is C23H28F3N3O3. The average molecular weight is 451 g/mol. The van der Waals surface area contributed by atoms with Gasteiger partial charge in [0.1, 0.15) is 5.60 Å². The van der Waals surface area contributed by atoms with Gasteiger partial charge in [-0.15, -0.1) is 0 Å². The maximum Gasteiger partial charge on any atom is 0.417 e. The second-order valence-corrected chi connectivity index (χ2v) is 10.8. The molecule has 1 aromatic rings. The number of hydrogen-bond donors (Lipinski definition) is 1. The maximum absolute atomic E-state index is 13.7. The zero-order valence-electron chi connectivity index (χ0n) is 18.5. The van der Waals surface area contributed by atoms with E-state index in [-0.39, 0.29) is 30.0 Å². The summed E-state index contributed by atoms with van der Waals surface area (Å²) in [4.78, 5) is 31.9. The van der Waals surface area contributed by atoms with Crippen LogP contribution >= 0.6 is 0 Å². The molecule has 2 saturated carbocycles. The van der Waals surface area contributed by atoms with Crippen molar-refractivity contribution >= 4 is 12.0 Å². The van der Waals surface area contributed by atoms with Gasteiger partial charge >= 0.3 is 12.3 Å². The molecule has 2 aliphatic heterocycles. The third-order valence-electron chi connectivity index (χ3n) is 7.85. The van der Waals surface area contributed by atoms with Gasteiger partial charge < -0.3 is 15.0 Å². The molecule has 1 saturated heterocycles. The van der Waals surface area contributed by atoms with Gasteiger partial charge in [0.15, 0.2) is 0 Å². The number of alkyl halides is 3. The van der Waals surface area contributed by atoms with Gasteiger partial charge in [0.2, 0.25) is 5.91 Å². The summed E-state index contributed by atoms with van der Waals surface area (Å²) in [5.41, 5.74) is -1.13. The molecule has 2 amide bonds. The van der Waals surface area contributed by atoms with Gasteiger partial charge in [0.25, 0.3) is 0 Å². The van der Waals surface area contributed by atoms with E-state index in [1.54, 1.807) is 20.8 Å². The lowest BCUT2D eigenvalue weighted by atomic mass is 9.55. The predicted octanol–water partition coefficient (Wildman–Crippen LogP) is 4.21. The zero-order chi connectivity index (χ0) is 23.1. The summed E-state index contributed by atoms with van der Waals surface area (Å²) in [6, 6.07) is 0.993. The second kappa shape index (κ2) is 6.60. The highest BCUT2D eigenvalue weighted by Gasteiger charge is 2.72. The molecule has 0 aromatic carbocycles. The fourth-order valence-corrected chi connectivity index (χ4v) is 6.53. The summed E-state index contributed by atoms with van der Waals surface area (Å²) in [5, 5.41) is 2.92. The van der Waals surface area contributed by atoms with E-state index >= 15 is 0 Å². The van der Waals surface area contributed by atoms with E-state index in [1.807, 2.05) is 4.90 Å². The van der Waals surface area contributed by atoms with Crippen molar-refractivity contribution in [3.63, 3.8) is 0 Å². The average Bonchev–Trinajstić information content (AvgIpc) is 3.10. The van der Waals surface area contributed by atoms with Crippen molar-refractivity contribution < 1.29 is 27.5 Å². The first kappa shape index (κ1) is 21.5. The molecule has 0 bridgehead atoms. The van der Waals surface area contributed by atoms with Gasteiger partial charge in [-0.05, 0) is 70.4 Å². The van der Waals surface area contributed by atoms with Crippen LogP contribution in [0.5, 0.6) is 0 Å². The van der Waals surface area contributed by atoms with Crippen molar-refractivity contribution in [2.24, 2.45) is 11.3 Å². The topological polar surface area (TPSA) is 71.5 Å². The van der Waals surface area contributed by atoms with Gasteiger partial charge in [-0.3, -0.25) is 9.78 Å². The normalized spacial score (nSPS) is 33.4. The van der Waals surface area contributed by atoms with Gasteiger partial charge in [-0.25, -0.2) is 4.79 Å². The fourth-order valence-electron chi connectivity index (χ4n) is 6.53. The minimum Gasteiger partial charge on any atom is -0.444 e. The molecule has 2 unspecified atom stereocenters. The van der Waals surface area contributed by atoms with Gasteiger partial charge in [-0.1, -0.05) is 0 Å². The van der Waals surface area contributed by atoms with Crippen LogP contribution in [0, 0.1) is 11.3 Å². The van der Waals surface area contributed by atoms with Crippen LogP contribution in [0.25, 0.3) is 0 Å². The first-order valence-corrected chi connectivity index (χ1v) is 11.2. The molecule has 32 heavy (non-hydrogen) atoms. The number of ether oxygens (including phenoxy) is 1. The maximum atomic E-state index is 13.7. The highest BCUT2D eigenvalue weighted by atomic mass is 19.4. The van der Waals surface area contributed by atoms with Crippen molar-refractivity contribution in [2.45, 2.75) is 89.2 Å². The van der Waals surface area contributed by atoms with Crippen LogP contribution < -0.4 is 5.32 Å². The molecule has 1 N–H and O–H groups in total. The lowest BCUT2D eigenvalue weighted by molar-refractivity contribution is -0.139. The van der Waals surface area contributed by atoms with Crippen molar-refractivity contribution in [2.75, 3.05) is 0 Å². The van der Waals surface area contributed by atoms with Crippen LogP contribution in [-0.4, -0.2) is 39.1 Å². The molecular weight excluding hydrogens is 423 g/mol. The van der Waals surface area contributed by atoms with Crippen LogP contribution in [0.1, 0.15) is 69.7 Å². The molecule has 1 aromatic heterocycles. The number of aromatic nitrogens is 1. The SMILES string of the molecule is CC(C)(C)OC(=O)N[C@@H]1CC[C@@]2(C1)C(=O)N1Cc3cc(C(F)(F)F)cnc3CC13CCC32. The Morgan fingerprint density at radius 2 is 2.00 bits per heavy atom. The highest BCUT2D eigenvalue weighted by molar-refractivity contribution is 5.88. The Bertz CT molecular complexity index is 989.